The van der Waals surface area contributed by atoms with Gasteiger partial charge in [0.2, 0.25) is 0 Å². The third kappa shape index (κ3) is 6.71. The molecular formula is C31H32F3N5O2S. The smallest absolute Gasteiger partial charge is 0.382 e. The van der Waals surface area contributed by atoms with E-state index in [1.165, 1.54) is 4.57 Å². The number of anilines is 2. The number of alkyl halides is 3. The molecule has 0 amide bonds. The molecule has 0 atom stereocenters. The van der Waals surface area contributed by atoms with Gasteiger partial charge in [0.05, 0.1) is 46.1 Å². The Morgan fingerprint density at radius 2 is 1.76 bits per heavy atom. The van der Waals surface area contributed by atoms with E-state index >= 15 is 0 Å². The quantitative estimate of drug-likeness (QED) is 0.236. The molecule has 2 N–H and O–H groups in total. The molecule has 2 aromatic carbocycles. The molecule has 220 valence electrons. The van der Waals surface area contributed by atoms with Gasteiger partial charge in [0.25, 0.3) is 0 Å². The van der Waals surface area contributed by atoms with Crippen molar-refractivity contribution in [1.82, 2.24) is 9.55 Å². The normalized spacial score (nSPS) is 15.8. The zero-order valence-electron chi connectivity index (χ0n) is 23.4. The highest BCUT2D eigenvalue weighted by Crippen LogP contribution is 2.36. The van der Waals surface area contributed by atoms with Crippen molar-refractivity contribution in [2.75, 3.05) is 22.1 Å². The van der Waals surface area contributed by atoms with Crippen LogP contribution >= 0.6 is 0 Å². The van der Waals surface area contributed by atoms with Gasteiger partial charge in [-0.15, -0.1) is 0 Å². The summed E-state index contributed by atoms with van der Waals surface area (Å²) in [6.45, 7) is 2.97. The molecule has 5 rings (SSSR count). The zero-order valence-corrected chi connectivity index (χ0v) is 24.2. The number of halogens is 3. The van der Waals surface area contributed by atoms with Gasteiger partial charge < -0.3 is 15.2 Å². The van der Waals surface area contributed by atoms with E-state index in [0.717, 1.165) is 11.3 Å². The molecule has 2 aromatic heterocycles. The first-order valence-corrected chi connectivity index (χ1v) is 15.5. The minimum Gasteiger partial charge on any atom is -0.382 e. The Labute approximate surface area is 243 Å². The number of sulfone groups is 1. The summed E-state index contributed by atoms with van der Waals surface area (Å²) in [7, 11) is -3.03. The van der Waals surface area contributed by atoms with Gasteiger partial charge in [0, 0.05) is 29.4 Å². The van der Waals surface area contributed by atoms with Crippen LogP contribution in [-0.2, 0) is 28.3 Å². The van der Waals surface area contributed by atoms with Crippen molar-refractivity contribution in [3.05, 3.63) is 78.1 Å². The van der Waals surface area contributed by atoms with Crippen LogP contribution in [0, 0.1) is 11.3 Å². The number of hydrogen-bond donors (Lipinski definition) is 2. The number of aromatic nitrogens is 2. The molecule has 0 bridgehead atoms. The van der Waals surface area contributed by atoms with E-state index in [4.69, 9.17) is 0 Å². The molecule has 0 aliphatic carbocycles. The van der Waals surface area contributed by atoms with Crippen LogP contribution in [0.3, 0.4) is 0 Å². The maximum Gasteiger partial charge on any atom is 0.406 e. The second-order valence-electron chi connectivity index (χ2n) is 11.3. The molecule has 4 aromatic rings. The van der Waals surface area contributed by atoms with Crippen LogP contribution in [0.25, 0.3) is 22.2 Å². The Morgan fingerprint density at radius 1 is 1.05 bits per heavy atom. The molecule has 0 unspecified atom stereocenters. The van der Waals surface area contributed by atoms with E-state index in [1.54, 1.807) is 38.2 Å². The van der Waals surface area contributed by atoms with E-state index in [0.29, 0.717) is 52.9 Å². The molecule has 1 fully saturated rings. The van der Waals surface area contributed by atoms with Crippen molar-refractivity contribution in [1.29, 1.82) is 5.26 Å². The third-order valence-corrected chi connectivity index (χ3v) is 9.34. The molecule has 3 heterocycles. The second-order valence-corrected chi connectivity index (χ2v) is 13.6. The van der Waals surface area contributed by atoms with E-state index in [9.17, 15) is 26.9 Å². The van der Waals surface area contributed by atoms with Crippen LogP contribution in [0.1, 0.15) is 37.9 Å². The summed E-state index contributed by atoms with van der Waals surface area (Å²) in [5.41, 5.74) is 3.97. The van der Waals surface area contributed by atoms with Gasteiger partial charge in [-0.2, -0.15) is 18.4 Å². The lowest BCUT2D eigenvalue weighted by Gasteiger charge is -2.24. The van der Waals surface area contributed by atoms with E-state index < -0.39 is 28.0 Å². The Kier molecular flexibility index (Phi) is 7.94. The Bertz CT molecular complexity index is 1710. The van der Waals surface area contributed by atoms with Crippen LogP contribution < -0.4 is 10.6 Å². The predicted molar refractivity (Wildman–Crippen MR) is 159 cm³/mol. The van der Waals surface area contributed by atoms with Gasteiger partial charge >= 0.3 is 6.18 Å². The van der Waals surface area contributed by atoms with Crippen LogP contribution in [-0.4, -0.2) is 41.7 Å². The Balaban J connectivity index is 1.38. The maximum atomic E-state index is 13.7. The summed E-state index contributed by atoms with van der Waals surface area (Å²) in [5, 5.41) is 16.6. The minimum atomic E-state index is -4.42. The first kappa shape index (κ1) is 29.5. The number of benzene rings is 2. The number of hydrogen-bond acceptors (Lipinski definition) is 6. The van der Waals surface area contributed by atoms with Gasteiger partial charge in [-0.1, -0.05) is 30.3 Å². The fourth-order valence-electron chi connectivity index (χ4n) is 5.18. The second kappa shape index (κ2) is 11.3. The average molecular weight is 596 g/mol. The van der Waals surface area contributed by atoms with Crippen molar-refractivity contribution in [2.24, 2.45) is 0 Å². The summed E-state index contributed by atoms with van der Waals surface area (Å²) >= 11 is 0. The first-order chi connectivity index (χ1) is 19.8. The number of fused-ring (bicyclic) bond motifs is 1. The number of nitrogens with one attached hydrogen (secondary N) is 2. The van der Waals surface area contributed by atoms with Crippen molar-refractivity contribution in [2.45, 2.75) is 57.4 Å². The topological polar surface area (TPSA) is 99.8 Å². The summed E-state index contributed by atoms with van der Waals surface area (Å²) in [6, 6.07) is 20.2. The van der Waals surface area contributed by atoms with Gasteiger partial charge in [0.1, 0.15) is 16.4 Å². The first-order valence-electron chi connectivity index (χ1n) is 13.7. The van der Waals surface area contributed by atoms with Crippen molar-refractivity contribution >= 4 is 32.1 Å². The summed E-state index contributed by atoms with van der Waals surface area (Å²) < 4.78 is 66.1. The van der Waals surface area contributed by atoms with E-state index in [2.05, 4.69) is 21.7 Å². The number of pyridine rings is 1. The lowest BCUT2D eigenvalue weighted by Crippen LogP contribution is -2.32. The standard InChI is InChI=1S/C31H32F3N5O2S/c1-30(2,19-35)29-11-10-24(18-37-29)36-17-21-6-8-22(9-7-21)28-16-25-26(38-23-12-14-42(40,41)15-13-23)4-3-5-27(25)39(28)20-31(32,33)34/h3-11,16,18,23,36,38H,12-15,17,20H2,1-2H3. The van der Waals surface area contributed by atoms with Gasteiger partial charge in [-0.05, 0) is 68.1 Å². The molecular weight excluding hydrogens is 563 g/mol. The molecule has 0 radical (unpaired) electrons. The van der Waals surface area contributed by atoms with Gasteiger partial charge in [-0.25, -0.2) is 8.42 Å². The number of rotatable bonds is 8. The fourth-order valence-corrected chi connectivity index (χ4v) is 6.67. The van der Waals surface area contributed by atoms with Crippen LogP contribution in [0.15, 0.2) is 66.9 Å². The van der Waals surface area contributed by atoms with Crippen LogP contribution in [0.5, 0.6) is 0 Å². The highest BCUT2D eigenvalue weighted by atomic mass is 32.2. The number of nitrogens with zero attached hydrogens (tertiary/aromatic N) is 3. The monoisotopic (exact) mass is 595 g/mol. The molecule has 1 aliphatic rings. The Morgan fingerprint density at radius 3 is 2.38 bits per heavy atom. The Hall–Kier alpha value is -4.04. The van der Waals surface area contributed by atoms with Crippen LogP contribution in [0.2, 0.25) is 0 Å². The molecule has 11 heteroatoms. The van der Waals surface area contributed by atoms with Crippen molar-refractivity contribution in [3.8, 4) is 17.3 Å². The lowest BCUT2D eigenvalue weighted by atomic mass is 9.91. The average Bonchev–Trinajstić information content (AvgIpc) is 3.31. The molecule has 0 saturated carbocycles. The number of nitriles is 1. The molecule has 0 spiro atoms. The summed E-state index contributed by atoms with van der Waals surface area (Å²) in [6.07, 6.45) is -1.82. The summed E-state index contributed by atoms with van der Waals surface area (Å²) in [5.74, 6) is 0.201. The predicted octanol–water partition coefficient (Wildman–Crippen LogP) is 6.67. The van der Waals surface area contributed by atoms with E-state index in [1.807, 2.05) is 42.5 Å². The van der Waals surface area contributed by atoms with Crippen molar-refractivity contribution in [3.63, 3.8) is 0 Å². The zero-order chi connectivity index (χ0) is 30.1. The molecule has 1 saturated heterocycles. The largest absolute Gasteiger partial charge is 0.406 e. The molecule has 42 heavy (non-hydrogen) atoms. The third-order valence-electron chi connectivity index (χ3n) is 7.63. The SMILES string of the molecule is CC(C)(C#N)c1ccc(NCc2ccc(-c3cc4c(NC5CCS(=O)(=O)CC5)cccc4n3CC(F)(F)F)cc2)cn1. The summed E-state index contributed by atoms with van der Waals surface area (Å²) in [4.78, 5) is 4.39. The molecule has 7 nitrogen and oxygen atoms in total. The van der Waals surface area contributed by atoms with Crippen molar-refractivity contribution < 1.29 is 21.6 Å². The fraction of sp³-hybridized carbons (Fsp3) is 0.355. The highest BCUT2D eigenvalue weighted by molar-refractivity contribution is 7.91. The highest BCUT2D eigenvalue weighted by Gasteiger charge is 2.31. The van der Waals surface area contributed by atoms with Crippen LogP contribution in [0.4, 0.5) is 24.5 Å². The van der Waals surface area contributed by atoms with Gasteiger partial charge in [-0.3, -0.25) is 4.98 Å². The van der Waals surface area contributed by atoms with Gasteiger partial charge in [0.15, 0.2) is 0 Å². The minimum absolute atomic E-state index is 0.0652. The maximum absolute atomic E-state index is 13.7. The molecule has 1 aliphatic heterocycles. The lowest BCUT2D eigenvalue weighted by molar-refractivity contribution is -0.139. The van der Waals surface area contributed by atoms with E-state index in [-0.39, 0.29) is 17.5 Å².